The average Bonchev–Trinajstić information content (AvgIpc) is 2.88. The van der Waals surface area contributed by atoms with Crippen molar-refractivity contribution in [2.24, 2.45) is 11.8 Å². The van der Waals surface area contributed by atoms with Gasteiger partial charge in [0.15, 0.2) is 0 Å². The van der Waals surface area contributed by atoms with E-state index >= 15 is 0 Å². The zero-order valence-corrected chi connectivity index (χ0v) is 12.8. The highest BCUT2D eigenvalue weighted by Crippen LogP contribution is 2.24. The molecule has 0 aromatic carbocycles. The SMILES string of the molecule is CCOC(=O)C1CCCN(C(=O)C2CC(=O)N(CC)C2)C1. The van der Waals surface area contributed by atoms with Crippen molar-refractivity contribution >= 4 is 17.8 Å². The van der Waals surface area contributed by atoms with Crippen molar-refractivity contribution in [1.29, 1.82) is 0 Å². The maximum atomic E-state index is 12.5. The first-order valence-electron chi connectivity index (χ1n) is 7.80. The van der Waals surface area contributed by atoms with Crippen LogP contribution in [-0.4, -0.2) is 60.4 Å². The Morgan fingerprint density at radius 1 is 1.24 bits per heavy atom. The van der Waals surface area contributed by atoms with Crippen molar-refractivity contribution < 1.29 is 19.1 Å². The fraction of sp³-hybridized carbons (Fsp3) is 0.800. The summed E-state index contributed by atoms with van der Waals surface area (Å²) >= 11 is 0. The van der Waals surface area contributed by atoms with Crippen molar-refractivity contribution in [3.63, 3.8) is 0 Å². The maximum absolute atomic E-state index is 12.5. The average molecular weight is 296 g/mol. The van der Waals surface area contributed by atoms with Gasteiger partial charge in [-0.25, -0.2) is 0 Å². The van der Waals surface area contributed by atoms with Crippen molar-refractivity contribution in [2.75, 3.05) is 32.8 Å². The van der Waals surface area contributed by atoms with Crippen LogP contribution in [0.5, 0.6) is 0 Å². The van der Waals surface area contributed by atoms with Gasteiger partial charge >= 0.3 is 5.97 Å². The van der Waals surface area contributed by atoms with Gasteiger partial charge < -0.3 is 14.5 Å². The predicted molar refractivity (Wildman–Crippen MR) is 76.3 cm³/mol. The number of carbonyl (C=O) groups excluding carboxylic acids is 3. The minimum absolute atomic E-state index is 0.00768. The number of hydrogen-bond donors (Lipinski definition) is 0. The summed E-state index contributed by atoms with van der Waals surface area (Å²) in [6.45, 7) is 6.32. The Bertz CT molecular complexity index is 424. The second-order valence-corrected chi connectivity index (χ2v) is 5.71. The molecule has 0 spiro atoms. The van der Waals surface area contributed by atoms with Crippen LogP contribution in [0.15, 0.2) is 0 Å². The smallest absolute Gasteiger partial charge is 0.310 e. The molecule has 2 amide bonds. The number of nitrogens with zero attached hydrogens (tertiary/aromatic N) is 2. The number of likely N-dealkylation sites (tertiary alicyclic amines) is 2. The van der Waals surface area contributed by atoms with Crippen LogP contribution >= 0.6 is 0 Å². The van der Waals surface area contributed by atoms with E-state index in [1.54, 1.807) is 16.7 Å². The lowest BCUT2D eigenvalue weighted by atomic mass is 9.96. The molecule has 0 aliphatic carbocycles. The first-order chi connectivity index (χ1) is 10.1. The number of piperidine rings is 1. The molecular formula is C15H24N2O4. The summed E-state index contributed by atoms with van der Waals surface area (Å²) in [6.07, 6.45) is 1.88. The van der Waals surface area contributed by atoms with E-state index in [0.717, 1.165) is 12.8 Å². The molecule has 6 nitrogen and oxygen atoms in total. The van der Waals surface area contributed by atoms with E-state index in [1.807, 2.05) is 6.92 Å². The van der Waals surface area contributed by atoms with Crippen LogP contribution in [0.3, 0.4) is 0 Å². The zero-order chi connectivity index (χ0) is 15.4. The number of esters is 1. The molecule has 6 heteroatoms. The molecular weight excluding hydrogens is 272 g/mol. The Morgan fingerprint density at radius 3 is 2.62 bits per heavy atom. The summed E-state index contributed by atoms with van der Waals surface area (Å²) in [5, 5.41) is 0. The highest BCUT2D eigenvalue weighted by atomic mass is 16.5. The Balaban J connectivity index is 1.93. The third-order valence-electron chi connectivity index (χ3n) is 4.30. The molecule has 0 bridgehead atoms. The maximum Gasteiger partial charge on any atom is 0.310 e. The lowest BCUT2D eigenvalue weighted by Gasteiger charge is -2.33. The number of amides is 2. The van der Waals surface area contributed by atoms with Gasteiger partial charge in [-0.15, -0.1) is 0 Å². The van der Waals surface area contributed by atoms with Gasteiger partial charge in [0, 0.05) is 32.6 Å². The summed E-state index contributed by atoms with van der Waals surface area (Å²) in [6, 6.07) is 0. The van der Waals surface area contributed by atoms with Crippen molar-refractivity contribution in [3.8, 4) is 0 Å². The van der Waals surface area contributed by atoms with Crippen molar-refractivity contribution in [2.45, 2.75) is 33.1 Å². The molecule has 2 unspecified atom stereocenters. The van der Waals surface area contributed by atoms with Crippen LogP contribution in [0, 0.1) is 11.8 Å². The molecule has 2 fully saturated rings. The molecule has 2 aliphatic rings. The molecule has 0 aromatic rings. The Labute approximate surface area is 125 Å². The van der Waals surface area contributed by atoms with Crippen LogP contribution < -0.4 is 0 Å². The van der Waals surface area contributed by atoms with Crippen LogP contribution in [-0.2, 0) is 19.1 Å². The fourth-order valence-electron chi connectivity index (χ4n) is 3.13. The molecule has 2 aliphatic heterocycles. The molecule has 2 rings (SSSR count). The number of hydrogen-bond acceptors (Lipinski definition) is 4. The molecule has 2 atom stereocenters. The van der Waals surface area contributed by atoms with E-state index in [4.69, 9.17) is 4.74 Å². The number of carbonyl (C=O) groups is 3. The lowest BCUT2D eigenvalue weighted by molar-refractivity contribution is -0.152. The summed E-state index contributed by atoms with van der Waals surface area (Å²) in [5.41, 5.74) is 0. The Morgan fingerprint density at radius 2 is 2.00 bits per heavy atom. The van der Waals surface area contributed by atoms with E-state index in [9.17, 15) is 14.4 Å². The van der Waals surface area contributed by atoms with Gasteiger partial charge in [-0.05, 0) is 26.7 Å². The van der Waals surface area contributed by atoms with Gasteiger partial charge in [0.25, 0.3) is 0 Å². The van der Waals surface area contributed by atoms with E-state index in [0.29, 0.717) is 39.2 Å². The highest BCUT2D eigenvalue weighted by Gasteiger charge is 2.38. The van der Waals surface area contributed by atoms with Crippen LogP contribution in [0.4, 0.5) is 0 Å². The third-order valence-corrected chi connectivity index (χ3v) is 4.30. The molecule has 118 valence electrons. The minimum atomic E-state index is -0.251. The molecule has 0 aromatic heterocycles. The van der Waals surface area contributed by atoms with E-state index in [2.05, 4.69) is 0 Å². The summed E-state index contributed by atoms with van der Waals surface area (Å²) in [5.74, 6) is -0.629. The van der Waals surface area contributed by atoms with Crippen LogP contribution in [0.2, 0.25) is 0 Å². The monoisotopic (exact) mass is 296 g/mol. The molecule has 21 heavy (non-hydrogen) atoms. The molecule has 2 saturated heterocycles. The summed E-state index contributed by atoms with van der Waals surface area (Å²) in [4.78, 5) is 39.5. The van der Waals surface area contributed by atoms with Crippen LogP contribution in [0.1, 0.15) is 33.1 Å². The second kappa shape index (κ2) is 6.91. The van der Waals surface area contributed by atoms with E-state index in [1.165, 1.54) is 0 Å². The minimum Gasteiger partial charge on any atom is -0.466 e. The van der Waals surface area contributed by atoms with Gasteiger partial charge in [0.1, 0.15) is 0 Å². The first-order valence-corrected chi connectivity index (χ1v) is 7.80. The number of rotatable bonds is 4. The Hall–Kier alpha value is -1.59. The molecule has 0 N–H and O–H groups in total. The lowest BCUT2D eigenvalue weighted by Crippen LogP contribution is -2.45. The van der Waals surface area contributed by atoms with Crippen molar-refractivity contribution in [3.05, 3.63) is 0 Å². The quantitative estimate of drug-likeness (QED) is 0.715. The zero-order valence-electron chi connectivity index (χ0n) is 12.8. The molecule has 0 radical (unpaired) electrons. The predicted octanol–water partition coefficient (Wildman–Crippen LogP) is 0.656. The molecule has 2 heterocycles. The van der Waals surface area contributed by atoms with Crippen LogP contribution in [0.25, 0.3) is 0 Å². The van der Waals surface area contributed by atoms with Gasteiger partial charge in [-0.2, -0.15) is 0 Å². The van der Waals surface area contributed by atoms with Crippen molar-refractivity contribution in [1.82, 2.24) is 9.80 Å². The fourth-order valence-corrected chi connectivity index (χ4v) is 3.13. The topological polar surface area (TPSA) is 66.9 Å². The highest BCUT2D eigenvalue weighted by molar-refractivity contribution is 5.89. The molecule has 0 saturated carbocycles. The Kier molecular flexibility index (Phi) is 5.20. The van der Waals surface area contributed by atoms with Gasteiger partial charge in [-0.3, -0.25) is 14.4 Å². The summed E-state index contributed by atoms with van der Waals surface area (Å²) < 4.78 is 5.05. The standard InChI is InChI=1S/C15H24N2O4/c1-3-16-10-12(8-13(16)18)14(19)17-7-5-6-11(9-17)15(20)21-4-2/h11-12H,3-10H2,1-2H3. The van der Waals surface area contributed by atoms with E-state index in [-0.39, 0.29) is 29.6 Å². The second-order valence-electron chi connectivity index (χ2n) is 5.71. The third kappa shape index (κ3) is 3.54. The first kappa shape index (κ1) is 15.8. The largest absolute Gasteiger partial charge is 0.466 e. The van der Waals surface area contributed by atoms with Gasteiger partial charge in [-0.1, -0.05) is 0 Å². The number of ether oxygens (including phenoxy) is 1. The van der Waals surface area contributed by atoms with E-state index < -0.39 is 0 Å². The summed E-state index contributed by atoms with van der Waals surface area (Å²) in [7, 11) is 0. The van der Waals surface area contributed by atoms with Gasteiger partial charge in [0.2, 0.25) is 11.8 Å². The van der Waals surface area contributed by atoms with Gasteiger partial charge in [0.05, 0.1) is 18.4 Å². The normalized spacial score (nSPS) is 26.1.